The Kier molecular flexibility index (Phi) is 4.98. The third-order valence-electron chi connectivity index (χ3n) is 2.19. The fourth-order valence-electron chi connectivity index (χ4n) is 1.41. The molecule has 0 spiro atoms. The van der Waals surface area contributed by atoms with E-state index in [9.17, 15) is 4.79 Å². The molecule has 1 heterocycles. The average Bonchev–Trinajstić information content (AvgIpc) is 2.58. The van der Waals surface area contributed by atoms with Gasteiger partial charge in [-0.05, 0) is 20.8 Å². The Balaban J connectivity index is 2.13. The third kappa shape index (κ3) is 4.44. The van der Waals surface area contributed by atoms with Crippen LogP contribution in [0.2, 0.25) is 0 Å². The van der Waals surface area contributed by atoms with Crippen molar-refractivity contribution in [2.75, 3.05) is 13.1 Å². The summed E-state index contributed by atoms with van der Waals surface area (Å²) in [5, 5.41) is 5.92. The maximum absolute atomic E-state index is 11.3. The summed E-state index contributed by atoms with van der Waals surface area (Å²) in [6, 6.07) is 0.199. The zero-order valence-electron chi connectivity index (χ0n) is 10.2. The number of carbonyl (C=O) groups excluding carboxylic acids is 1. The molecule has 1 rings (SSSR count). The number of nitrogens with one attached hydrogen (secondary N) is 2. The van der Waals surface area contributed by atoms with Crippen LogP contribution in [0.15, 0.2) is 12.4 Å². The summed E-state index contributed by atoms with van der Waals surface area (Å²) in [6.45, 7) is 7.83. The van der Waals surface area contributed by atoms with Crippen LogP contribution in [0.25, 0.3) is 0 Å². The fourth-order valence-corrected chi connectivity index (χ4v) is 1.41. The van der Waals surface area contributed by atoms with Crippen LogP contribution in [-0.4, -0.2) is 34.6 Å². The van der Waals surface area contributed by atoms with Crippen molar-refractivity contribution in [3.63, 3.8) is 0 Å². The van der Waals surface area contributed by atoms with Gasteiger partial charge in [0.05, 0.1) is 6.54 Å². The minimum atomic E-state index is 0.0392. The largest absolute Gasteiger partial charge is 0.353 e. The lowest BCUT2D eigenvalue weighted by Gasteiger charge is -2.09. The van der Waals surface area contributed by atoms with Crippen molar-refractivity contribution < 1.29 is 4.79 Å². The molecule has 5 nitrogen and oxygen atoms in total. The van der Waals surface area contributed by atoms with Gasteiger partial charge in [-0.2, -0.15) is 0 Å². The van der Waals surface area contributed by atoms with E-state index in [1.54, 1.807) is 6.20 Å². The van der Waals surface area contributed by atoms with Gasteiger partial charge in [0.15, 0.2) is 0 Å². The molecule has 0 aromatic carbocycles. The molecular weight excluding hydrogens is 204 g/mol. The van der Waals surface area contributed by atoms with Crippen LogP contribution >= 0.6 is 0 Å². The normalized spacial score (nSPS) is 10.8. The van der Waals surface area contributed by atoms with E-state index < -0.39 is 0 Å². The summed E-state index contributed by atoms with van der Waals surface area (Å²) in [4.78, 5) is 15.4. The molecule has 0 bridgehead atoms. The molecule has 0 saturated heterocycles. The highest BCUT2D eigenvalue weighted by molar-refractivity contribution is 5.78. The quantitative estimate of drug-likeness (QED) is 0.684. The first kappa shape index (κ1) is 12.7. The van der Waals surface area contributed by atoms with Crippen LogP contribution in [0.5, 0.6) is 0 Å². The summed E-state index contributed by atoms with van der Waals surface area (Å²) in [5.41, 5.74) is 0. The maximum Gasteiger partial charge on any atom is 0.234 e. The highest BCUT2D eigenvalue weighted by Gasteiger charge is 2.02. The minimum Gasteiger partial charge on any atom is -0.353 e. The zero-order valence-corrected chi connectivity index (χ0v) is 10.2. The smallest absolute Gasteiger partial charge is 0.234 e. The number of hydrogen-bond acceptors (Lipinski definition) is 3. The maximum atomic E-state index is 11.3. The van der Waals surface area contributed by atoms with E-state index in [0.717, 1.165) is 18.9 Å². The molecule has 2 N–H and O–H groups in total. The Morgan fingerprint density at radius 1 is 1.56 bits per heavy atom. The Morgan fingerprint density at radius 3 is 2.88 bits per heavy atom. The van der Waals surface area contributed by atoms with E-state index in [1.807, 2.05) is 31.5 Å². The SMILES string of the molecule is Cc1nccn1CCNCC(=O)NC(C)C. The molecule has 0 atom stereocenters. The van der Waals surface area contributed by atoms with Crippen molar-refractivity contribution in [1.29, 1.82) is 0 Å². The number of carbonyl (C=O) groups is 1. The van der Waals surface area contributed by atoms with Crippen molar-refractivity contribution >= 4 is 5.91 Å². The number of imidazole rings is 1. The minimum absolute atomic E-state index is 0.0392. The molecule has 5 heteroatoms. The summed E-state index contributed by atoms with van der Waals surface area (Å²) >= 11 is 0. The number of amides is 1. The number of nitrogens with zero attached hydrogens (tertiary/aromatic N) is 2. The fraction of sp³-hybridized carbons (Fsp3) is 0.636. The predicted octanol–water partition coefficient (Wildman–Crippen LogP) is 0.306. The van der Waals surface area contributed by atoms with Gasteiger partial charge >= 0.3 is 0 Å². The second kappa shape index (κ2) is 6.27. The summed E-state index contributed by atoms with van der Waals surface area (Å²) in [7, 11) is 0. The second-order valence-corrected chi connectivity index (χ2v) is 4.07. The van der Waals surface area contributed by atoms with E-state index in [-0.39, 0.29) is 11.9 Å². The summed E-state index contributed by atoms with van der Waals surface area (Å²) in [5.74, 6) is 1.03. The highest BCUT2D eigenvalue weighted by atomic mass is 16.1. The first-order valence-corrected chi connectivity index (χ1v) is 5.57. The average molecular weight is 224 g/mol. The van der Waals surface area contributed by atoms with E-state index >= 15 is 0 Å². The van der Waals surface area contributed by atoms with Gasteiger partial charge in [0.25, 0.3) is 0 Å². The molecule has 0 radical (unpaired) electrons. The Morgan fingerprint density at radius 2 is 2.31 bits per heavy atom. The number of rotatable bonds is 6. The van der Waals surface area contributed by atoms with Crippen LogP contribution in [0.3, 0.4) is 0 Å². The van der Waals surface area contributed by atoms with E-state index in [0.29, 0.717) is 6.54 Å². The van der Waals surface area contributed by atoms with Crippen LogP contribution in [0.1, 0.15) is 19.7 Å². The molecule has 90 valence electrons. The van der Waals surface area contributed by atoms with Gasteiger partial charge in [0, 0.05) is 31.5 Å². The Labute approximate surface area is 96.3 Å². The van der Waals surface area contributed by atoms with E-state index in [4.69, 9.17) is 0 Å². The standard InChI is InChI=1S/C11H20N4O/c1-9(2)14-11(16)8-12-4-6-15-7-5-13-10(15)3/h5,7,9,12H,4,6,8H2,1-3H3,(H,14,16). The molecule has 1 aromatic heterocycles. The van der Waals surface area contributed by atoms with Crippen LogP contribution < -0.4 is 10.6 Å². The molecule has 0 aliphatic rings. The van der Waals surface area contributed by atoms with Crippen molar-refractivity contribution in [3.8, 4) is 0 Å². The van der Waals surface area contributed by atoms with E-state index in [2.05, 4.69) is 15.6 Å². The van der Waals surface area contributed by atoms with Gasteiger partial charge in [-0.3, -0.25) is 4.79 Å². The first-order chi connectivity index (χ1) is 7.59. The van der Waals surface area contributed by atoms with Gasteiger partial charge < -0.3 is 15.2 Å². The van der Waals surface area contributed by atoms with Crippen molar-refractivity contribution in [3.05, 3.63) is 18.2 Å². The van der Waals surface area contributed by atoms with Crippen molar-refractivity contribution in [2.24, 2.45) is 0 Å². The molecule has 0 aliphatic carbocycles. The molecule has 16 heavy (non-hydrogen) atoms. The van der Waals surface area contributed by atoms with Crippen LogP contribution in [-0.2, 0) is 11.3 Å². The summed E-state index contributed by atoms with van der Waals surface area (Å²) < 4.78 is 2.05. The number of hydrogen-bond donors (Lipinski definition) is 2. The Bertz CT molecular complexity index is 332. The van der Waals surface area contributed by atoms with Crippen LogP contribution in [0, 0.1) is 6.92 Å². The van der Waals surface area contributed by atoms with Gasteiger partial charge in [-0.15, -0.1) is 0 Å². The summed E-state index contributed by atoms with van der Waals surface area (Å²) in [6.07, 6.45) is 3.71. The highest BCUT2D eigenvalue weighted by Crippen LogP contribution is 1.93. The molecule has 1 amide bonds. The van der Waals surface area contributed by atoms with Crippen LogP contribution in [0.4, 0.5) is 0 Å². The lowest BCUT2D eigenvalue weighted by atomic mass is 10.4. The van der Waals surface area contributed by atoms with E-state index in [1.165, 1.54) is 0 Å². The molecule has 0 saturated carbocycles. The van der Waals surface area contributed by atoms with Crippen molar-refractivity contribution in [2.45, 2.75) is 33.4 Å². The van der Waals surface area contributed by atoms with Gasteiger partial charge in [-0.25, -0.2) is 4.98 Å². The number of aromatic nitrogens is 2. The van der Waals surface area contributed by atoms with Gasteiger partial charge in [0.2, 0.25) is 5.91 Å². The van der Waals surface area contributed by atoms with Gasteiger partial charge in [-0.1, -0.05) is 0 Å². The first-order valence-electron chi connectivity index (χ1n) is 5.57. The monoisotopic (exact) mass is 224 g/mol. The second-order valence-electron chi connectivity index (χ2n) is 4.07. The lowest BCUT2D eigenvalue weighted by molar-refractivity contribution is -0.120. The molecule has 0 aliphatic heterocycles. The topological polar surface area (TPSA) is 59.0 Å². The Hall–Kier alpha value is -1.36. The predicted molar refractivity (Wildman–Crippen MR) is 63.1 cm³/mol. The molecule has 0 fully saturated rings. The van der Waals surface area contributed by atoms with Crippen molar-refractivity contribution in [1.82, 2.24) is 20.2 Å². The molecule has 0 unspecified atom stereocenters. The molecular formula is C11H20N4O. The lowest BCUT2D eigenvalue weighted by Crippen LogP contribution is -2.38. The van der Waals surface area contributed by atoms with Gasteiger partial charge in [0.1, 0.15) is 5.82 Å². The number of aryl methyl sites for hydroxylation is 1. The molecule has 1 aromatic rings. The zero-order chi connectivity index (χ0) is 12.0. The third-order valence-corrected chi connectivity index (χ3v) is 2.19.